The van der Waals surface area contributed by atoms with Crippen molar-refractivity contribution in [2.45, 2.75) is 6.54 Å². The van der Waals surface area contributed by atoms with Gasteiger partial charge in [0.1, 0.15) is 0 Å². The lowest BCUT2D eigenvalue weighted by atomic mass is 10.1. The third-order valence-corrected chi connectivity index (χ3v) is 4.00. The van der Waals surface area contributed by atoms with E-state index in [-0.39, 0.29) is 5.56 Å². The summed E-state index contributed by atoms with van der Waals surface area (Å²) in [5, 5.41) is 4.89. The fourth-order valence-electron chi connectivity index (χ4n) is 2.76. The molecule has 0 saturated carbocycles. The molecule has 0 saturated heterocycles. The molecule has 1 aromatic carbocycles. The predicted molar refractivity (Wildman–Crippen MR) is 91.6 cm³/mol. The molecule has 4 aromatic rings. The molecule has 0 aliphatic carbocycles. The Kier molecular flexibility index (Phi) is 3.53. The smallest absolute Gasteiger partial charge is 0.337 e. The Labute approximate surface area is 142 Å². The lowest BCUT2D eigenvalue weighted by molar-refractivity contribution is 0.0601. The number of ether oxygens (including phenoxy) is 1. The Morgan fingerprint density at radius 3 is 2.88 bits per heavy atom. The first-order valence-corrected chi connectivity index (χ1v) is 7.66. The van der Waals surface area contributed by atoms with Crippen molar-refractivity contribution >= 4 is 22.4 Å². The summed E-state index contributed by atoms with van der Waals surface area (Å²) < 4.78 is 7.95. The van der Waals surface area contributed by atoms with Gasteiger partial charge in [-0.25, -0.2) is 14.3 Å². The second-order valence-corrected chi connectivity index (χ2v) is 5.61. The van der Waals surface area contributed by atoms with Gasteiger partial charge < -0.3 is 4.74 Å². The number of methoxy groups -OCH3 is 1. The minimum absolute atomic E-state index is 0.182. The van der Waals surface area contributed by atoms with E-state index in [0.29, 0.717) is 23.0 Å². The summed E-state index contributed by atoms with van der Waals surface area (Å²) in [6, 6.07) is 12.4. The summed E-state index contributed by atoms with van der Waals surface area (Å²) in [7, 11) is 1.31. The second-order valence-electron chi connectivity index (χ2n) is 5.61. The molecule has 0 N–H and O–H groups in total. The van der Waals surface area contributed by atoms with Crippen molar-refractivity contribution < 1.29 is 9.53 Å². The van der Waals surface area contributed by atoms with E-state index >= 15 is 0 Å². The van der Waals surface area contributed by atoms with Gasteiger partial charge in [0, 0.05) is 6.20 Å². The van der Waals surface area contributed by atoms with Crippen molar-refractivity contribution in [1.82, 2.24) is 19.2 Å². The summed E-state index contributed by atoms with van der Waals surface area (Å²) >= 11 is 0. The second kappa shape index (κ2) is 5.86. The number of fused-ring (bicyclic) bond motifs is 2. The van der Waals surface area contributed by atoms with Crippen LogP contribution in [-0.4, -0.2) is 32.2 Å². The summed E-state index contributed by atoms with van der Waals surface area (Å²) in [6.07, 6.45) is 3.32. The first kappa shape index (κ1) is 15.1. The highest BCUT2D eigenvalue weighted by Gasteiger charge is 2.11. The van der Waals surface area contributed by atoms with Gasteiger partial charge in [0.2, 0.25) is 0 Å². The number of hydrogen-bond donors (Lipinski definition) is 0. The highest BCUT2D eigenvalue weighted by atomic mass is 16.5. The van der Waals surface area contributed by atoms with Gasteiger partial charge in [-0.3, -0.25) is 9.36 Å². The Morgan fingerprint density at radius 1 is 1.20 bits per heavy atom. The van der Waals surface area contributed by atoms with Crippen molar-refractivity contribution in [2.24, 2.45) is 0 Å². The van der Waals surface area contributed by atoms with E-state index in [2.05, 4.69) is 14.8 Å². The fraction of sp³-hybridized carbons (Fsp3) is 0.111. The number of esters is 1. The van der Waals surface area contributed by atoms with Gasteiger partial charge in [0.25, 0.3) is 5.56 Å². The van der Waals surface area contributed by atoms with E-state index in [4.69, 9.17) is 0 Å². The van der Waals surface area contributed by atoms with Crippen LogP contribution in [0.3, 0.4) is 0 Å². The monoisotopic (exact) mass is 334 g/mol. The lowest BCUT2D eigenvalue weighted by Crippen LogP contribution is -2.21. The van der Waals surface area contributed by atoms with Crippen molar-refractivity contribution in [2.75, 3.05) is 7.11 Å². The zero-order chi connectivity index (χ0) is 17.4. The Morgan fingerprint density at radius 2 is 2.08 bits per heavy atom. The maximum absolute atomic E-state index is 12.7. The number of rotatable bonds is 3. The quantitative estimate of drug-likeness (QED) is 0.535. The van der Waals surface area contributed by atoms with Crippen LogP contribution in [0.2, 0.25) is 0 Å². The molecule has 0 amide bonds. The predicted octanol–water partition coefficient (Wildman–Crippen LogP) is 1.88. The molecule has 0 spiro atoms. The third kappa shape index (κ3) is 2.65. The highest BCUT2D eigenvalue weighted by Crippen LogP contribution is 2.12. The average Bonchev–Trinajstić information content (AvgIpc) is 3.05. The standard InChI is InChI=1S/C18H14N4O3/c1-25-18(24)12-5-6-15-16(8-12)19-11-21(17(15)23)10-13-9-14-4-2-3-7-22(14)20-13/h2-9,11H,10H2,1H3. The number of aromatic nitrogens is 4. The van der Waals surface area contributed by atoms with E-state index in [1.165, 1.54) is 18.0 Å². The van der Waals surface area contributed by atoms with Gasteiger partial charge in [0.05, 0.1) is 47.7 Å². The maximum Gasteiger partial charge on any atom is 0.337 e. The number of pyridine rings is 1. The molecule has 4 rings (SSSR count). The van der Waals surface area contributed by atoms with Crippen LogP contribution in [0.4, 0.5) is 0 Å². The lowest BCUT2D eigenvalue weighted by Gasteiger charge is -2.06. The summed E-state index contributed by atoms with van der Waals surface area (Å²) in [5.41, 5.74) is 2.36. The summed E-state index contributed by atoms with van der Waals surface area (Å²) in [6.45, 7) is 0.322. The normalized spacial score (nSPS) is 11.1. The largest absolute Gasteiger partial charge is 0.465 e. The molecule has 25 heavy (non-hydrogen) atoms. The molecule has 0 fully saturated rings. The topological polar surface area (TPSA) is 78.5 Å². The molecule has 7 nitrogen and oxygen atoms in total. The Balaban J connectivity index is 1.74. The van der Waals surface area contributed by atoms with Crippen LogP contribution in [0.25, 0.3) is 16.4 Å². The Hall–Kier alpha value is -3.48. The molecule has 0 bridgehead atoms. The van der Waals surface area contributed by atoms with Crippen molar-refractivity contribution in [3.8, 4) is 0 Å². The number of nitrogens with zero attached hydrogens (tertiary/aromatic N) is 4. The minimum atomic E-state index is -0.461. The van der Waals surface area contributed by atoms with E-state index in [1.54, 1.807) is 22.7 Å². The van der Waals surface area contributed by atoms with Gasteiger partial charge in [-0.2, -0.15) is 5.10 Å². The van der Waals surface area contributed by atoms with Gasteiger partial charge in [-0.15, -0.1) is 0 Å². The van der Waals surface area contributed by atoms with E-state index in [1.807, 2.05) is 30.5 Å². The molecular formula is C18H14N4O3. The molecule has 0 unspecified atom stereocenters. The summed E-state index contributed by atoms with van der Waals surface area (Å²) in [5.74, 6) is -0.461. The van der Waals surface area contributed by atoms with Crippen molar-refractivity contribution in [3.05, 3.63) is 76.6 Å². The average molecular weight is 334 g/mol. The van der Waals surface area contributed by atoms with Gasteiger partial charge >= 0.3 is 5.97 Å². The molecule has 3 heterocycles. The fourth-order valence-corrected chi connectivity index (χ4v) is 2.76. The first-order valence-electron chi connectivity index (χ1n) is 7.66. The molecule has 124 valence electrons. The zero-order valence-corrected chi connectivity index (χ0v) is 13.4. The molecule has 3 aromatic heterocycles. The third-order valence-electron chi connectivity index (χ3n) is 4.00. The van der Waals surface area contributed by atoms with Crippen LogP contribution in [0, 0.1) is 0 Å². The molecule has 0 aliphatic rings. The number of benzene rings is 1. The molecule has 7 heteroatoms. The van der Waals surface area contributed by atoms with Crippen LogP contribution in [0.5, 0.6) is 0 Å². The first-order chi connectivity index (χ1) is 12.2. The van der Waals surface area contributed by atoms with Gasteiger partial charge in [0.15, 0.2) is 0 Å². The van der Waals surface area contributed by atoms with Crippen LogP contribution in [0.1, 0.15) is 16.1 Å². The SMILES string of the molecule is COC(=O)c1ccc2c(=O)n(Cc3cc4ccccn4n3)cnc2c1. The highest BCUT2D eigenvalue weighted by molar-refractivity contribution is 5.93. The van der Waals surface area contributed by atoms with Crippen LogP contribution >= 0.6 is 0 Å². The molecule has 0 atom stereocenters. The van der Waals surface area contributed by atoms with E-state index in [0.717, 1.165) is 11.2 Å². The van der Waals surface area contributed by atoms with Crippen molar-refractivity contribution in [1.29, 1.82) is 0 Å². The van der Waals surface area contributed by atoms with E-state index in [9.17, 15) is 9.59 Å². The number of hydrogen-bond acceptors (Lipinski definition) is 5. The molecular weight excluding hydrogens is 320 g/mol. The Bertz CT molecular complexity index is 1130. The molecule has 0 radical (unpaired) electrons. The van der Waals surface area contributed by atoms with Gasteiger partial charge in [-0.1, -0.05) is 6.07 Å². The van der Waals surface area contributed by atoms with Crippen LogP contribution in [0.15, 0.2) is 59.8 Å². The molecule has 0 aliphatic heterocycles. The minimum Gasteiger partial charge on any atom is -0.465 e. The van der Waals surface area contributed by atoms with E-state index < -0.39 is 5.97 Å². The summed E-state index contributed by atoms with van der Waals surface area (Å²) in [4.78, 5) is 28.6. The van der Waals surface area contributed by atoms with Crippen LogP contribution < -0.4 is 5.56 Å². The number of carbonyl (C=O) groups is 1. The number of carbonyl (C=O) groups excluding carboxylic acids is 1. The zero-order valence-electron chi connectivity index (χ0n) is 13.4. The van der Waals surface area contributed by atoms with Crippen LogP contribution in [-0.2, 0) is 11.3 Å². The van der Waals surface area contributed by atoms with Gasteiger partial charge in [-0.05, 0) is 36.4 Å². The van der Waals surface area contributed by atoms with Crippen molar-refractivity contribution in [3.63, 3.8) is 0 Å². The maximum atomic E-state index is 12.7.